The molecule has 0 fully saturated rings. The second-order valence-corrected chi connectivity index (χ2v) is 4.18. The molecule has 110 valence electrons. The molecule has 5 nitrogen and oxygen atoms in total. The average Bonchev–Trinajstić information content (AvgIpc) is 2.50. The molecule has 1 rings (SSSR count). The lowest BCUT2D eigenvalue weighted by Crippen LogP contribution is -2.12. The highest BCUT2D eigenvalue weighted by molar-refractivity contribution is 5.89. The summed E-state index contributed by atoms with van der Waals surface area (Å²) < 4.78 is 15.3. The van der Waals surface area contributed by atoms with Crippen molar-refractivity contribution < 1.29 is 24.1 Å². The molecule has 1 aromatic rings. The van der Waals surface area contributed by atoms with Crippen molar-refractivity contribution in [1.29, 1.82) is 0 Å². The molecule has 20 heavy (non-hydrogen) atoms. The molecule has 0 radical (unpaired) electrons. The first kappa shape index (κ1) is 16.0. The van der Waals surface area contributed by atoms with Crippen molar-refractivity contribution in [2.75, 3.05) is 20.8 Å². The van der Waals surface area contributed by atoms with Crippen molar-refractivity contribution in [3.05, 3.63) is 35.9 Å². The van der Waals surface area contributed by atoms with Crippen molar-refractivity contribution in [2.45, 2.75) is 19.4 Å². The molecule has 0 amide bonds. The molecule has 0 aromatic heterocycles. The Labute approximate surface area is 118 Å². The van der Waals surface area contributed by atoms with E-state index in [-0.39, 0.29) is 5.57 Å². The van der Waals surface area contributed by atoms with E-state index in [2.05, 4.69) is 11.3 Å². The molecule has 1 unspecified atom stereocenters. The average molecular weight is 280 g/mol. The quantitative estimate of drug-likeness (QED) is 0.613. The minimum atomic E-state index is -1.14. The summed E-state index contributed by atoms with van der Waals surface area (Å²) in [6.45, 7) is 6.11. The van der Waals surface area contributed by atoms with Crippen LogP contribution in [-0.4, -0.2) is 31.9 Å². The monoisotopic (exact) mass is 280 g/mol. The van der Waals surface area contributed by atoms with Gasteiger partial charge in [-0.2, -0.15) is 0 Å². The summed E-state index contributed by atoms with van der Waals surface area (Å²) in [4.78, 5) is 11.4. The SMILES string of the molecule is C=C(C(=O)OC)C(O)c1ccc(OCCC)c(OC)c1. The van der Waals surface area contributed by atoms with Gasteiger partial charge in [-0.25, -0.2) is 4.79 Å². The van der Waals surface area contributed by atoms with Crippen molar-refractivity contribution in [1.82, 2.24) is 0 Å². The lowest BCUT2D eigenvalue weighted by atomic mass is 10.0. The Morgan fingerprint density at radius 1 is 1.35 bits per heavy atom. The molecule has 1 aromatic carbocycles. The molecule has 0 spiro atoms. The van der Waals surface area contributed by atoms with E-state index < -0.39 is 12.1 Å². The van der Waals surface area contributed by atoms with Crippen LogP contribution in [0.25, 0.3) is 0 Å². The molecule has 0 aliphatic carbocycles. The Morgan fingerprint density at radius 3 is 2.60 bits per heavy atom. The molecule has 0 aliphatic rings. The number of esters is 1. The predicted molar refractivity (Wildman–Crippen MR) is 74.9 cm³/mol. The first-order valence-corrected chi connectivity index (χ1v) is 6.31. The van der Waals surface area contributed by atoms with E-state index in [0.29, 0.717) is 23.7 Å². The molecule has 1 N–H and O–H groups in total. The van der Waals surface area contributed by atoms with Gasteiger partial charge in [0.1, 0.15) is 6.10 Å². The highest BCUT2D eigenvalue weighted by Crippen LogP contribution is 2.32. The number of methoxy groups -OCH3 is 2. The Bertz CT molecular complexity index is 481. The summed E-state index contributed by atoms with van der Waals surface area (Å²) in [5, 5.41) is 10.1. The van der Waals surface area contributed by atoms with E-state index in [4.69, 9.17) is 9.47 Å². The van der Waals surface area contributed by atoms with Gasteiger partial charge in [0.2, 0.25) is 0 Å². The van der Waals surface area contributed by atoms with Crippen LogP contribution in [0.4, 0.5) is 0 Å². The summed E-state index contributed by atoms with van der Waals surface area (Å²) in [5.74, 6) is 0.435. The number of aliphatic hydroxyl groups excluding tert-OH is 1. The summed E-state index contributed by atoms with van der Waals surface area (Å²) >= 11 is 0. The van der Waals surface area contributed by atoms with E-state index in [9.17, 15) is 9.90 Å². The van der Waals surface area contributed by atoms with Crippen LogP contribution < -0.4 is 9.47 Å². The largest absolute Gasteiger partial charge is 0.493 e. The summed E-state index contributed by atoms with van der Waals surface area (Å²) in [6, 6.07) is 4.97. The van der Waals surface area contributed by atoms with Crippen molar-refractivity contribution in [3.63, 3.8) is 0 Å². The second kappa shape index (κ2) is 7.55. The Hall–Kier alpha value is -2.01. The molecule has 0 aliphatic heterocycles. The van der Waals surface area contributed by atoms with Crippen molar-refractivity contribution in [2.24, 2.45) is 0 Å². The molecule has 0 saturated heterocycles. The Morgan fingerprint density at radius 2 is 2.05 bits per heavy atom. The highest BCUT2D eigenvalue weighted by Gasteiger charge is 2.20. The van der Waals surface area contributed by atoms with E-state index >= 15 is 0 Å². The molecular formula is C15H20O5. The zero-order valence-corrected chi connectivity index (χ0v) is 12.0. The fourth-order valence-corrected chi connectivity index (χ4v) is 1.63. The van der Waals surface area contributed by atoms with Crippen LogP contribution in [-0.2, 0) is 9.53 Å². The van der Waals surface area contributed by atoms with Gasteiger partial charge in [0, 0.05) is 0 Å². The van der Waals surface area contributed by atoms with Gasteiger partial charge in [0.05, 0.1) is 26.4 Å². The minimum Gasteiger partial charge on any atom is -0.493 e. The Balaban J connectivity index is 2.97. The van der Waals surface area contributed by atoms with E-state index in [1.165, 1.54) is 14.2 Å². The maximum atomic E-state index is 11.4. The van der Waals surface area contributed by atoms with Gasteiger partial charge in [-0.1, -0.05) is 19.6 Å². The zero-order valence-electron chi connectivity index (χ0n) is 12.0. The fourth-order valence-electron chi connectivity index (χ4n) is 1.63. The zero-order chi connectivity index (χ0) is 15.1. The molecule has 1 atom stereocenters. The Kier molecular flexibility index (Phi) is 6.06. The second-order valence-electron chi connectivity index (χ2n) is 4.18. The van der Waals surface area contributed by atoms with Crippen LogP contribution >= 0.6 is 0 Å². The van der Waals surface area contributed by atoms with Gasteiger partial charge in [-0.05, 0) is 24.1 Å². The van der Waals surface area contributed by atoms with Gasteiger partial charge in [-0.15, -0.1) is 0 Å². The summed E-state index contributed by atoms with van der Waals surface area (Å²) in [5.41, 5.74) is 0.456. The van der Waals surface area contributed by atoms with Crippen LogP contribution in [0.5, 0.6) is 11.5 Å². The van der Waals surface area contributed by atoms with Crippen LogP contribution in [0.3, 0.4) is 0 Å². The highest BCUT2D eigenvalue weighted by atomic mass is 16.5. The fraction of sp³-hybridized carbons (Fsp3) is 0.400. The molecular weight excluding hydrogens is 260 g/mol. The van der Waals surface area contributed by atoms with Gasteiger partial charge in [-0.3, -0.25) is 0 Å². The summed E-state index contributed by atoms with van der Waals surface area (Å²) in [7, 11) is 2.75. The van der Waals surface area contributed by atoms with Crippen LogP contribution in [0.2, 0.25) is 0 Å². The molecule has 0 bridgehead atoms. The van der Waals surface area contributed by atoms with Crippen molar-refractivity contribution in [3.8, 4) is 11.5 Å². The maximum absolute atomic E-state index is 11.4. The third-order valence-electron chi connectivity index (χ3n) is 2.74. The van der Waals surface area contributed by atoms with Gasteiger partial charge >= 0.3 is 5.97 Å². The van der Waals surface area contributed by atoms with Crippen LogP contribution in [0, 0.1) is 0 Å². The number of hydrogen-bond donors (Lipinski definition) is 1. The van der Waals surface area contributed by atoms with Crippen molar-refractivity contribution >= 4 is 5.97 Å². The first-order chi connectivity index (χ1) is 9.54. The number of rotatable bonds is 7. The topological polar surface area (TPSA) is 65.0 Å². The number of hydrogen-bond acceptors (Lipinski definition) is 5. The standard InChI is InChI=1S/C15H20O5/c1-5-8-20-12-7-6-11(9-13(12)18-3)14(16)10(2)15(17)19-4/h6-7,9,14,16H,2,5,8H2,1,3-4H3. The maximum Gasteiger partial charge on any atom is 0.336 e. The lowest BCUT2D eigenvalue weighted by Gasteiger charge is -2.15. The number of aliphatic hydroxyl groups is 1. The number of carbonyl (C=O) groups is 1. The van der Waals surface area contributed by atoms with E-state index in [1.54, 1.807) is 18.2 Å². The summed E-state index contributed by atoms with van der Waals surface area (Å²) in [6.07, 6.45) is -0.260. The third kappa shape index (κ3) is 3.74. The minimum absolute atomic E-state index is 0.0308. The van der Waals surface area contributed by atoms with Crippen LogP contribution in [0.1, 0.15) is 25.0 Å². The first-order valence-electron chi connectivity index (χ1n) is 6.31. The lowest BCUT2D eigenvalue weighted by molar-refractivity contribution is -0.137. The molecule has 5 heteroatoms. The number of benzene rings is 1. The van der Waals surface area contributed by atoms with Gasteiger partial charge < -0.3 is 19.3 Å². The van der Waals surface area contributed by atoms with E-state index in [1.807, 2.05) is 6.92 Å². The smallest absolute Gasteiger partial charge is 0.336 e. The predicted octanol–water partition coefficient (Wildman–Crippen LogP) is 2.25. The number of carbonyl (C=O) groups excluding carboxylic acids is 1. The molecule has 0 saturated carbocycles. The van der Waals surface area contributed by atoms with Gasteiger partial charge in [0.15, 0.2) is 11.5 Å². The van der Waals surface area contributed by atoms with Gasteiger partial charge in [0.25, 0.3) is 0 Å². The van der Waals surface area contributed by atoms with Crippen LogP contribution in [0.15, 0.2) is 30.4 Å². The molecule has 0 heterocycles. The third-order valence-corrected chi connectivity index (χ3v) is 2.74. The normalized spacial score (nSPS) is 11.6. The number of ether oxygens (including phenoxy) is 3. The van der Waals surface area contributed by atoms with E-state index in [0.717, 1.165) is 6.42 Å².